The third-order valence-electron chi connectivity index (χ3n) is 1.82. The van der Waals surface area contributed by atoms with Crippen LogP contribution in [0, 0.1) is 5.92 Å². The van der Waals surface area contributed by atoms with Crippen molar-refractivity contribution in [1.29, 1.82) is 0 Å². The average Bonchev–Trinajstić information content (AvgIpc) is 2.24. The molecule has 0 saturated heterocycles. The molecule has 0 unspecified atom stereocenters. The largest absolute Gasteiger partial charge is 0.355 e. The van der Waals surface area contributed by atoms with Crippen molar-refractivity contribution in [2.45, 2.75) is 47.5 Å². The molecule has 0 bridgehead atoms. The fourth-order valence-electron chi connectivity index (χ4n) is 1.04. The van der Waals surface area contributed by atoms with Gasteiger partial charge in [0.25, 0.3) is 0 Å². The summed E-state index contributed by atoms with van der Waals surface area (Å²) in [5.41, 5.74) is 0. The number of carbonyl (C=O) groups is 1. The predicted molar refractivity (Wildman–Crippen MR) is 67.0 cm³/mol. The molecular formula is C12H28N2O. The number of hydrogen-bond acceptors (Lipinski definition) is 2. The number of hydrogen-bond donors (Lipinski definition) is 2. The molecular weight excluding hydrogens is 188 g/mol. The van der Waals surface area contributed by atoms with Gasteiger partial charge in [-0.1, -0.05) is 34.6 Å². The Morgan fingerprint density at radius 3 is 2.33 bits per heavy atom. The molecule has 0 aromatic rings. The van der Waals surface area contributed by atoms with Gasteiger partial charge in [0.2, 0.25) is 5.91 Å². The van der Waals surface area contributed by atoms with E-state index in [1.807, 2.05) is 20.8 Å². The Balaban J connectivity index is 0. The lowest BCUT2D eigenvalue weighted by molar-refractivity contribution is -0.120. The molecule has 2 N–H and O–H groups in total. The SMILES string of the molecule is CC.CCNCC(=O)NCCCC(C)C. The number of carbonyl (C=O) groups excluding carboxylic acids is 1. The fraction of sp³-hybridized carbons (Fsp3) is 0.917. The zero-order chi connectivity index (χ0) is 12.1. The summed E-state index contributed by atoms with van der Waals surface area (Å²) in [5.74, 6) is 0.830. The van der Waals surface area contributed by atoms with Crippen molar-refractivity contribution >= 4 is 5.91 Å². The zero-order valence-corrected chi connectivity index (χ0v) is 11.0. The highest BCUT2D eigenvalue weighted by Crippen LogP contribution is 2.01. The molecule has 0 aliphatic rings. The van der Waals surface area contributed by atoms with Crippen LogP contribution in [0.2, 0.25) is 0 Å². The van der Waals surface area contributed by atoms with Crippen molar-refractivity contribution in [2.75, 3.05) is 19.6 Å². The van der Waals surface area contributed by atoms with Gasteiger partial charge in [0.05, 0.1) is 6.54 Å². The van der Waals surface area contributed by atoms with Crippen molar-refractivity contribution < 1.29 is 4.79 Å². The Bertz CT molecular complexity index is 136. The second-order valence-electron chi connectivity index (χ2n) is 3.67. The Morgan fingerprint density at radius 1 is 1.27 bits per heavy atom. The van der Waals surface area contributed by atoms with E-state index in [9.17, 15) is 4.79 Å². The molecule has 0 spiro atoms. The second kappa shape index (κ2) is 13.4. The minimum absolute atomic E-state index is 0.102. The molecule has 0 aromatic carbocycles. The van der Waals surface area contributed by atoms with Crippen molar-refractivity contribution in [1.82, 2.24) is 10.6 Å². The van der Waals surface area contributed by atoms with Crippen LogP contribution in [0.3, 0.4) is 0 Å². The van der Waals surface area contributed by atoms with Crippen molar-refractivity contribution in [3.8, 4) is 0 Å². The van der Waals surface area contributed by atoms with Gasteiger partial charge in [-0.3, -0.25) is 4.79 Å². The molecule has 0 aromatic heterocycles. The standard InChI is InChI=1S/C10H22N2O.C2H6/c1-4-11-8-10(13)12-7-5-6-9(2)3;1-2/h9,11H,4-8H2,1-3H3,(H,12,13);1-2H3. The lowest BCUT2D eigenvalue weighted by Crippen LogP contribution is -2.34. The lowest BCUT2D eigenvalue weighted by Gasteiger charge is -2.06. The smallest absolute Gasteiger partial charge is 0.233 e. The van der Waals surface area contributed by atoms with Crippen molar-refractivity contribution in [2.24, 2.45) is 5.92 Å². The van der Waals surface area contributed by atoms with Gasteiger partial charge in [0.15, 0.2) is 0 Å². The summed E-state index contributed by atoms with van der Waals surface area (Å²) in [6, 6.07) is 0. The minimum atomic E-state index is 0.102. The van der Waals surface area contributed by atoms with Gasteiger partial charge < -0.3 is 10.6 Å². The minimum Gasteiger partial charge on any atom is -0.355 e. The summed E-state index contributed by atoms with van der Waals surface area (Å²) in [6.07, 6.45) is 2.26. The Kier molecular flexibility index (Phi) is 15.1. The number of likely N-dealkylation sites (N-methyl/N-ethyl adjacent to an activating group) is 1. The topological polar surface area (TPSA) is 41.1 Å². The first-order valence-corrected chi connectivity index (χ1v) is 6.14. The summed E-state index contributed by atoms with van der Waals surface area (Å²) in [7, 11) is 0. The summed E-state index contributed by atoms with van der Waals surface area (Å²) in [4.78, 5) is 11.1. The third-order valence-corrected chi connectivity index (χ3v) is 1.82. The van der Waals surface area contributed by atoms with E-state index < -0.39 is 0 Å². The molecule has 1 amide bonds. The van der Waals surface area contributed by atoms with Gasteiger partial charge in [-0.2, -0.15) is 0 Å². The van der Waals surface area contributed by atoms with Gasteiger partial charge >= 0.3 is 0 Å². The molecule has 3 nitrogen and oxygen atoms in total. The predicted octanol–water partition coefficient (Wildman–Crippen LogP) is 2.17. The quantitative estimate of drug-likeness (QED) is 0.640. The van der Waals surface area contributed by atoms with E-state index in [4.69, 9.17) is 0 Å². The van der Waals surface area contributed by atoms with Gasteiger partial charge in [-0.15, -0.1) is 0 Å². The highest BCUT2D eigenvalue weighted by molar-refractivity contribution is 5.77. The van der Waals surface area contributed by atoms with E-state index >= 15 is 0 Å². The summed E-state index contributed by atoms with van der Waals surface area (Å²) < 4.78 is 0. The monoisotopic (exact) mass is 216 g/mol. The fourth-order valence-corrected chi connectivity index (χ4v) is 1.04. The first-order valence-electron chi connectivity index (χ1n) is 6.14. The van der Waals surface area contributed by atoms with E-state index in [0.717, 1.165) is 25.4 Å². The molecule has 92 valence electrons. The number of nitrogens with one attached hydrogen (secondary N) is 2. The maximum atomic E-state index is 11.1. The van der Waals surface area contributed by atoms with Crippen LogP contribution in [0.25, 0.3) is 0 Å². The maximum absolute atomic E-state index is 11.1. The van der Waals surface area contributed by atoms with Crippen LogP contribution >= 0.6 is 0 Å². The molecule has 0 saturated carbocycles. The molecule has 0 aliphatic carbocycles. The third kappa shape index (κ3) is 16.1. The van der Waals surface area contributed by atoms with Gasteiger partial charge in [0, 0.05) is 6.54 Å². The van der Waals surface area contributed by atoms with E-state index in [1.54, 1.807) is 0 Å². The normalized spacial score (nSPS) is 9.47. The number of rotatable bonds is 7. The summed E-state index contributed by atoms with van der Waals surface area (Å²) in [6.45, 7) is 12.5. The summed E-state index contributed by atoms with van der Waals surface area (Å²) in [5, 5.41) is 5.86. The highest BCUT2D eigenvalue weighted by atomic mass is 16.1. The van der Waals surface area contributed by atoms with Crippen LogP contribution in [0.1, 0.15) is 47.5 Å². The molecule has 0 radical (unpaired) electrons. The van der Waals surface area contributed by atoms with Gasteiger partial charge in [-0.25, -0.2) is 0 Å². The zero-order valence-electron chi connectivity index (χ0n) is 11.0. The van der Waals surface area contributed by atoms with E-state index in [2.05, 4.69) is 24.5 Å². The van der Waals surface area contributed by atoms with Crippen LogP contribution in [-0.4, -0.2) is 25.5 Å². The first kappa shape index (κ1) is 16.8. The first-order chi connectivity index (χ1) is 7.16. The number of amides is 1. The Labute approximate surface area is 95.0 Å². The molecule has 0 atom stereocenters. The van der Waals surface area contributed by atoms with Crippen LogP contribution in [0.5, 0.6) is 0 Å². The Morgan fingerprint density at radius 2 is 1.87 bits per heavy atom. The summed E-state index contributed by atoms with van der Waals surface area (Å²) >= 11 is 0. The highest BCUT2D eigenvalue weighted by Gasteiger charge is 1.98. The second-order valence-corrected chi connectivity index (χ2v) is 3.67. The lowest BCUT2D eigenvalue weighted by atomic mass is 10.1. The van der Waals surface area contributed by atoms with Gasteiger partial charge in [-0.05, 0) is 25.3 Å². The van der Waals surface area contributed by atoms with E-state index in [1.165, 1.54) is 6.42 Å². The van der Waals surface area contributed by atoms with E-state index in [0.29, 0.717) is 6.54 Å². The van der Waals surface area contributed by atoms with Gasteiger partial charge in [0.1, 0.15) is 0 Å². The van der Waals surface area contributed by atoms with Crippen LogP contribution in [-0.2, 0) is 4.79 Å². The molecule has 15 heavy (non-hydrogen) atoms. The molecule has 0 fully saturated rings. The van der Waals surface area contributed by atoms with E-state index in [-0.39, 0.29) is 5.91 Å². The van der Waals surface area contributed by atoms with Crippen molar-refractivity contribution in [3.63, 3.8) is 0 Å². The molecule has 0 aliphatic heterocycles. The van der Waals surface area contributed by atoms with Crippen LogP contribution in [0.4, 0.5) is 0 Å². The molecule has 0 rings (SSSR count). The van der Waals surface area contributed by atoms with Crippen LogP contribution in [0.15, 0.2) is 0 Å². The maximum Gasteiger partial charge on any atom is 0.233 e. The average molecular weight is 216 g/mol. The Hall–Kier alpha value is -0.570. The molecule has 0 heterocycles. The van der Waals surface area contributed by atoms with Crippen molar-refractivity contribution in [3.05, 3.63) is 0 Å². The molecule has 3 heteroatoms. The van der Waals surface area contributed by atoms with Crippen LogP contribution < -0.4 is 10.6 Å².